The molecule has 7 nitrogen and oxygen atoms in total. The van der Waals surface area contributed by atoms with Gasteiger partial charge in [-0.15, -0.1) is 0 Å². The molecule has 1 unspecified atom stereocenters. The van der Waals surface area contributed by atoms with Crippen LogP contribution in [0.2, 0.25) is 0 Å². The molecule has 0 aromatic heterocycles. The molecule has 0 saturated carbocycles. The molecule has 3 aromatic carbocycles. The van der Waals surface area contributed by atoms with Crippen LogP contribution in [0.5, 0.6) is 17.2 Å². The van der Waals surface area contributed by atoms with Crippen molar-refractivity contribution in [3.63, 3.8) is 0 Å². The predicted octanol–water partition coefficient (Wildman–Crippen LogP) is 4.57. The lowest BCUT2D eigenvalue weighted by Gasteiger charge is -2.38. The molecule has 34 heavy (non-hydrogen) atoms. The third-order valence-corrected chi connectivity index (χ3v) is 5.90. The molecule has 0 N–H and O–H groups in total. The summed E-state index contributed by atoms with van der Waals surface area (Å²) in [6.07, 6.45) is 0.210. The van der Waals surface area contributed by atoms with Crippen LogP contribution in [0.4, 0.5) is 5.69 Å². The highest BCUT2D eigenvalue weighted by Crippen LogP contribution is 2.43. The minimum Gasteiger partial charge on any atom is -0.497 e. The standard InChI is InChI=1S/C27H27NO6/c1-5-34-27(30)18-6-10-20(11-7-18)28-25(29)15-19-14-23(32-3)24(33-4)16-22(19)26(28)17-8-12-21(31-2)13-9-17/h6-14,16,26H,5,15H2,1-4H3. The summed E-state index contributed by atoms with van der Waals surface area (Å²) >= 11 is 0. The number of hydrogen-bond donors (Lipinski definition) is 0. The fourth-order valence-electron chi connectivity index (χ4n) is 4.26. The summed E-state index contributed by atoms with van der Waals surface area (Å²) in [5.74, 6) is 1.43. The normalized spacial score (nSPS) is 14.9. The first-order valence-electron chi connectivity index (χ1n) is 11.0. The van der Waals surface area contributed by atoms with Crippen molar-refractivity contribution in [2.24, 2.45) is 0 Å². The van der Waals surface area contributed by atoms with Gasteiger partial charge in [0.15, 0.2) is 11.5 Å². The minimum absolute atomic E-state index is 0.0653. The quantitative estimate of drug-likeness (QED) is 0.480. The summed E-state index contributed by atoms with van der Waals surface area (Å²) in [5, 5.41) is 0. The monoisotopic (exact) mass is 461 g/mol. The van der Waals surface area contributed by atoms with Crippen LogP contribution in [0.15, 0.2) is 60.7 Å². The maximum absolute atomic E-state index is 13.5. The highest BCUT2D eigenvalue weighted by molar-refractivity contribution is 5.99. The van der Waals surface area contributed by atoms with Gasteiger partial charge in [-0.1, -0.05) is 12.1 Å². The smallest absolute Gasteiger partial charge is 0.338 e. The molecule has 7 heteroatoms. The van der Waals surface area contributed by atoms with Crippen molar-refractivity contribution >= 4 is 17.6 Å². The summed E-state index contributed by atoms with van der Waals surface area (Å²) < 4.78 is 21.4. The lowest BCUT2D eigenvalue weighted by Crippen LogP contribution is -2.41. The van der Waals surface area contributed by atoms with Crippen LogP contribution in [0.1, 0.15) is 40.0 Å². The zero-order chi connectivity index (χ0) is 24.2. The van der Waals surface area contributed by atoms with Gasteiger partial charge in [0.2, 0.25) is 5.91 Å². The zero-order valence-electron chi connectivity index (χ0n) is 19.7. The van der Waals surface area contributed by atoms with Crippen LogP contribution < -0.4 is 19.1 Å². The first-order chi connectivity index (χ1) is 16.5. The lowest BCUT2D eigenvalue weighted by atomic mass is 9.86. The van der Waals surface area contributed by atoms with Gasteiger partial charge in [-0.25, -0.2) is 4.79 Å². The van der Waals surface area contributed by atoms with Gasteiger partial charge in [0.1, 0.15) is 5.75 Å². The molecule has 0 radical (unpaired) electrons. The molecule has 1 amide bonds. The Kier molecular flexibility index (Phi) is 6.72. The van der Waals surface area contributed by atoms with E-state index >= 15 is 0 Å². The van der Waals surface area contributed by atoms with Crippen molar-refractivity contribution < 1.29 is 28.5 Å². The highest BCUT2D eigenvalue weighted by Gasteiger charge is 2.36. The van der Waals surface area contributed by atoms with Gasteiger partial charge in [-0.2, -0.15) is 0 Å². The van der Waals surface area contributed by atoms with Gasteiger partial charge in [0, 0.05) is 5.69 Å². The number of carbonyl (C=O) groups excluding carboxylic acids is 2. The summed E-state index contributed by atoms with van der Waals surface area (Å²) in [6, 6.07) is 17.9. The Bertz CT molecular complexity index is 1190. The second-order valence-corrected chi connectivity index (χ2v) is 7.79. The highest BCUT2D eigenvalue weighted by atomic mass is 16.5. The predicted molar refractivity (Wildman–Crippen MR) is 128 cm³/mol. The van der Waals surface area contributed by atoms with Gasteiger partial charge < -0.3 is 23.8 Å². The molecule has 1 aliphatic heterocycles. The fourth-order valence-corrected chi connectivity index (χ4v) is 4.26. The number of amides is 1. The van der Waals surface area contributed by atoms with Crippen LogP contribution in [0, 0.1) is 0 Å². The van der Waals surface area contributed by atoms with E-state index in [1.807, 2.05) is 36.4 Å². The molecule has 3 aromatic rings. The molecular formula is C27H27NO6. The molecule has 0 spiro atoms. The van der Waals surface area contributed by atoms with Gasteiger partial charge >= 0.3 is 5.97 Å². The number of esters is 1. The molecule has 176 valence electrons. The Morgan fingerprint density at radius 3 is 2.15 bits per heavy atom. The SMILES string of the molecule is CCOC(=O)c1ccc(N2C(=O)Cc3cc(OC)c(OC)cc3C2c2ccc(OC)cc2)cc1. The van der Waals surface area contributed by atoms with Crippen LogP contribution in [-0.4, -0.2) is 39.8 Å². The van der Waals surface area contributed by atoms with Crippen LogP contribution in [-0.2, 0) is 16.0 Å². The van der Waals surface area contributed by atoms with E-state index in [4.69, 9.17) is 18.9 Å². The molecule has 4 rings (SSSR count). The molecular weight excluding hydrogens is 434 g/mol. The number of nitrogens with zero attached hydrogens (tertiary/aromatic N) is 1. The Hall–Kier alpha value is -4.00. The Balaban J connectivity index is 1.84. The molecule has 0 bridgehead atoms. The van der Waals surface area contributed by atoms with E-state index in [1.165, 1.54) is 0 Å². The number of fused-ring (bicyclic) bond motifs is 1. The van der Waals surface area contributed by atoms with Crippen molar-refractivity contribution in [3.8, 4) is 17.2 Å². The third-order valence-electron chi connectivity index (χ3n) is 5.90. The number of hydrogen-bond acceptors (Lipinski definition) is 6. The van der Waals surface area contributed by atoms with E-state index in [0.29, 0.717) is 29.4 Å². The fraction of sp³-hybridized carbons (Fsp3) is 0.259. The van der Waals surface area contributed by atoms with Crippen molar-refractivity contribution in [1.29, 1.82) is 0 Å². The van der Waals surface area contributed by atoms with Crippen LogP contribution in [0.3, 0.4) is 0 Å². The van der Waals surface area contributed by atoms with E-state index in [-0.39, 0.29) is 12.3 Å². The average Bonchev–Trinajstić information content (AvgIpc) is 2.87. The Morgan fingerprint density at radius 1 is 0.912 bits per heavy atom. The van der Waals surface area contributed by atoms with Crippen molar-refractivity contribution in [2.45, 2.75) is 19.4 Å². The first kappa shape index (κ1) is 23.2. The second-order valence-electron chi connectivity index (χ2n) is 7.79. The van der Waals surface area contributed by atoms with Gasteiger partial charge in [0.05, 0.1) is 46.0 Å². The van der Waals surface area contributed by atoms with E-state index in [0.717, 1.165) is 22.4 Å². The average molecular weight is 462 g/mol. The van der Waals surface area contributed by atoms with E-state index in [1.54, 1.807) is 57.4 Å². The van der Waals surface area contributed by atoms with Gasteiger partial charge in [-0.3, -0.25) is 4.79 Å². The summed E-state index contributed by atoms with van der Waals surface area (Å²) in [4.78, 5) is 27.3. The second kappa shape index (κ2) is 9.87. The lowest BCUT2D eigenvalue weighted by molar-refractivity contribution is -0.118. The largest absolute Gasteiger partial charge is 0.497 e. The van der Waals surface area contributed by atoms with Gasteiger partial charge in [-0.05, 0) is 72.1 Å². The number of benzene rings is 3. The maximum atomic E-state index is 13.5. The van der Waals surface area contributed by atoms with Gasteiger partial charge in [0.25, 0.3) is 0 Å². The number of methoxy groups -OCH3 is 3. The van der Waals surface area contributed by atoms with Crippen LogP contribution in [0.25, 0.3) is 0 Å². The summed E-state index contributed by atoms with van der Waals surface area (Å²) in [6.45, 7) is 2.06. The molecule has 0 fully saturated rings. The Labute approximate surface area is 198 Å². The van der Waals surface area contributed by atoms with Crippen molar-refractivity contribution in [1.82, 2.24) is 0 Å². The van der Waals surface area contributed by atoms with E-state index in [2.05, 4.69) is 0 Å². The maximum Gasteiger partial charge on any atom is 0.338 e. The third kappa shape index (κ3) is 4.29. The molecule has 1 aliphatic rings. The number of ether oxygens (including phenoxy) is 4. The number of carbonyl (C=O) groups is 2. The van der Waals surface area contributed by atoms with Crippen molar-refractivity contribution in [2.75, 3.05) is 32.8 Å². The van der Waals surface area contributed by atoms with Crippen molar-refractivity contribution in [3.05, 3.63) is 82.9 Å². The first-order valence-corrected chi connectivity index (χ1v) is 11.0. The van der Waals surface area contributed by atoms with E-state index < -0.39 is 12.0 Å². The molecule has 1 heterocycles. The topological polar surface area (TPSA) is 74.3 Å². The summed E-state index contributed by atoms with van der Waals surface area (Å²) in [7, 11) is 4.78. The Morgan fingerprint density at radius 2 is 1.56 bits per heavy atom. The zero-order valence-corrected chi connectivity index (χ0v) is 19.7. The van der Waals surface area contributed by atoms with E-state index in [9.17, 15) is 9.59 Å². The minimum atomic E-state index is -0.407. The number of rotatable bonds is 7. The summed E-state index contributed by atoms with van der Waals surface area (Å²) in [5.41, 5.74) is 3.85. The molecule has 0 saturated heterocycles. The molecule has 1 atom stereocenters. The molecule has 0 aliphatic carbocycles. The van der Waals surface area contributed by atoms with Crippen LogP contribution >= 0.6 is 0 Å². The number of anilines is 1.